The minimum Gasteiger partial charge on any atom is -0.497 e. The second-order valence-electron chi connectivity index (χ2n) is 8.95. The van der Waals surface area contributed by atoms with Gasteiger partial charge in [0.15, 0.2) is 11.4 Å². The highest BCUT2D eigenvalue weighted by Gasteiger charge is 2.30. The number of hydrogen-bond acceptors (Lipinski definition) is 9. The molecule has 41 heavy (non-hydrogen) atoms. The first-order chi connectivity index (χ1) is 19.5. The van der Waals surface area contributed by atoms with Gasteiger partial charge in [-0.25, -0.2) is 18.6 Å². The summed E-state index contributed by atoms with van der Waals surface area (Å²) in [5.74, 6) is -4.17. The predicted molar refractivity (Wildman–Crippen MR) is 142 cm³/mol. The van der Waals surface area contributed by atoms with Gasteiger partial charge in [0, 0.05) is 37.2 Å². The first-order valence-corrected chi connectivity index (χ1v) is 12.4. The molecule has 12 heteroatoms. The maximum Gasteiger partial charge on any atom is 0.328 e. The van der Waals surface area contributed by atoms with Crippen LogP contribution in [0.1, 0.15) is 48.3 Å². The number of benzene rings is 2. The maximum atomic E-state index is 14.5. The van der Waals surface area contributed by atoms with Gasteiger partial charge in [0.05, 0.1) is 21.3 Å². The summed E-state index contributed by atoms with van der Waals surface area (Å²) < 4.78 is 55.2. The Bertz CT molecular complexity index is 1380. The number of nitrogens with zero attached hydrogens (tertiary/aromatic N) is 1. The molecule has 0 aliphatic heterocycles. The molecule has 3 rings (SSSR count). The number of methoxy groups -OCH3 is 3. The second kappa shape index (κ2) is 13.6. The zero-order valence-corrected chi connectivity index (χ0v) is 23.3. The standard InChI is InChI=1S/C29H30F2N2O8/c1-15(33-28(35)26-27(41-17(3)34)24(39-6)7-8-32-26)29(36)40-16(2)25(18-9-20(30)13-22(11-18)37-4)19-10-21(31)14-23(12-19)38-5/h7-16,25H,1-6H3,(H,33,35)/t15-,16-/m0/s1. The van der Waals surface area contributed by atoms with Crippen LogP contribution in [0.4, 0.5) is 8.78 Å². The Labute approximate surface area is 235 Å². The lowest BCUT2D eigenvalue weighted by Gasteiger charge is -2.27. The quantitative estimate of drug-likeness (QED) is 0.337. The zero-order chi connectivity index (χ0) is 30.3. The monoisotopic (exact) mass is 572 g/mol. The first kappa shape index (κ1) is 30.8. The van der Waals surface area contributed by atoms with Gasteiger partial charge in [0.25, 0.3) is 5.91 Å². The Morgan fingerprint density at radius 1 is 0.854 bits per heavy atom. The molecule has 0 radical (unpaired) electrons. The van der Waals surface area contributed by atoms with Gasteiger partial charge in [-0.3, -0.25) is 9.59 Å². The van der Waals surface area contributed by atoms with E-state index in [0.29, 0.717) is 11.1 Å². The average Bonchev–Trinajstić information content (AvgIpc) is 2.92. The lowest BCUT2D eigenvalue weighted by molar-refractivity contribution is -0.150. The topological polar surface area (TPSA) is 122 Å². The molecule has 2 aromatic carbocycles. The van der Waals surface area contributed by atoms with E-state index >= 15 is 0 Å². The summed E-state index contributed by atoms with van der Waals surface area (Å²) in [5, 5.41) is 2.46. The molecule has 0 aliphatic rings. The Morgan fingerprint density at radius 2 is 1.41 bits per heavy atom. The summed E-state index contributed by atoms with van der Waals surface area (Å²) in [4.78, 5) is 41.6. The van der Waals surface area contributed by atoms with Crippen molar-refractivity contribution in [3.05, 3.63) is 77.1 Å². The van der Waals surface area contributed by atoms with E-state index in [9.17, 15) is 23.2 Å². The third-order valence-electron chi connectivity index (χ3n) is 6.00. The van der Waals surface area contributed by atoms with Crippen LogP contribution in [-0.2, 0) is 14.3 Å². The molecule has 0 aliphatic carbocycles. The van der Waals surface area contributed by atoms with E-state index < -0.39 is 47.5 Å². The number of aromatic nitrogens is 1. The number of amides is 1. The number of rotatable bonds is 11. The highest BCUT2D eigenvalue weighted by atomic mass is 19.1. The summed E-state index contributed by atoms with van der Waals surface area (Å²) in [7, 11) is 4.07. The Morgan fingerprint density at radius 3 is 1.90 bits per heavy atom. The van der Waals surface area contributed by atoms with Crippen molar-refractivity contribution in [1.82, 2.24) is 10.3 Å². The smallest absolute Gasteiger partial charge is 0.328 e. The molecule has 2 atom stereocenters. The lowest BCUT2D eigenvalue weighted by Crippen LogP contribution is -2.41. The fourth-order valence-electron chi connectivity index (χ4n) is 4.17. The largest absolute Gasteiger partial charge is 0.497 e. The molecule has 0 saturated carbocycles. The van der Waals surface area contributed by atoms with Crippen LogP contribution in [0.5, 0.6) is 23.0 Å². The van der Waals surface area contributed by atoms with Crippen molar-refractivity contribution in [2.45, 2.75) is 38.8 Å². The fraction of sp³-hybridized carbons (Fsp3) is 0.310. The summed E-state index contributed by atoms with van der Waals surface area (Å²) in [6.07, 6.45) is 0.295. The summed E-state index contributed by atoms with van der Waals surface area (Å²) in [5.41, 5.74) is 0.403. The van der Waals surface area contributed by atoms with Crippen molar-refractivity contribution in [2.75, 3.05) is 21.3 Å². The highest BCUT2D eigenvalue weighted by Crippen LogP contribution is 2.35. The van der Waals surface area contributed by atoms with Crippen LogP contribution in [0.25, 0.3) is 0 Å². The molecule has 0 spiro atoms. The molecule has 0 fully saturated rings. The molecule has 1 N–H and O–H groups in total. The van der Waals surface area contributed by atoms with Crippen LogP contribution in [0, 0.1) is 11.6 Å². The van der Waals surface area contributed by atoms with Gasteiger partial charge in [-0.05, 0) is 49.2 Å². The van der Waals surface area contributed by atoms with E-state index in [-0.39, 0.29) is 28.7 Å². The molecule has 3 aromatic rings. The molecule has 0 unspecified atom stereocenters. The fourth-order valence-corrected chi connectivity index (χ4v) is 4.17. The molecule has 1 aromatic heterocycles. The number of pyridine rings is 1. The van der Waals surface area contributed by atoms with Gasteiger partial charge < -0.3 is 29.0 Å². The summed E-state index contributed by atoms with van der Waals surface area (Å²) >= 11 is 0. The van der Waals surface area contributed by atoms with E-state index in [4.69, 9.17) is 23.7 Å². The third kappa shape index (κ3) is 7.68. The normalized spacial score (nSPS) is 12.2. The lowest BCUT2D eigenvalue weighted by atomic mass is 9.86. The van der Waals surface area contributed by atoms with E-state index in [1.54, 1.807) is 19.1 Å². The van der Waals surface area contributed by atoms with Crippen molar-refractivity contribution in [1.29, 1.82) is 0 Å². The second-order valence-corrected chi connectivity index (χ2v) is 8.95. The number of esters is 2. The van der Waals surface area contributed by atoms with E-state index in [0.717, 1.165) is 6.92 Å². The van der Waals surface area contributed by atoms with Crippen molar-refractivity contribution < 1.29 is 46.8 Å². The molecule has 10 nitrogen and oxygen atoms in total. The van der Waals surface area contributed by atoms with Crippen LogP contribution >= 0.6 is 0 Å². The van der Waals surface area contributed by atoms with Crippen molar-refractivity contribution in [2.24, 2.45) is 0 Å². The van der Waals surface area contributed by atoms with Crippen LogP contribution in [0.3, 0.4) is 0 Å². The van der Waals surface area contributed by atoms with Gasteiger partial charge in [0.2, 0.25) is 5.75 Å². The Hall–Kier alpha value is -4.74. The minimum atomic E-state index is -1.20. The Kier molecular flexibility index (Phi) is 10.2. The third-order valence-corrected chi connectivity index (χ3v) is 6.00. The van der Waals surface area contributed by atoms with Crippen molar-refractivity contribution in [3.63, 3.8) is 0 Å². The molecule has 1 heterocycles. The molecule has 1 amide bonds. The van der Waals surface area contributed by atoms with E-state index in [1.807, 2.05) is 0 Å². The van der Waals surface area contributed by atoms with Crippen LogP contribution in [0.2, 0.25) is 0 Å². The van der Waals surface area contributed by atoms with Crippen LogP contribution < -0.4 is 24.3 Å². The molecular formula is C29H30F2N2O8. The minimum absolute atomic E-state index is 0.0862. The first-order valence-electron chi connectivity index (χ1n) is 12.4. The van der Waals surface area contributed by atoms with E-state index in [1.165, 1.54) is 64.8 Å². The number of nitrogens with one attached hydrogen (secondary N) is 1. The maximum absolute atomic E-state index is 14.5. The van der Waals surface area contributed by atoms with Gasteiger partial charge in [-0.15, -0.1) is 0 Å². The van der Waals surface area contributed by atoms with Gasteiger partial charge in [0.1, 0.15) is 35.3 Å². The van der Waals surface area contributed by atoms with Crippen LogP contribution in [-0.4, -0.2) is 56.3 Å². The van der Waals surface area contributed by atoms with Crippen molar-refractivity contribution >= 4 is 17.8 Å². The Balaban J connectivity index is 1.89. The molecule has 218 valence electrons. The zero-order valence-electron chi connectivity index (χ0n) is 23.3. The van der Waals surface area contributed by atoms with Gasteiger partial charge in [-0.1, -0.05) is 0 Å². The number of carbonyl (C=O) groups is 3. The highest BCUT2D eigenvalue weighted by molar-refractivity contribution is 5.98. The summed E-state index contributed by atoms with van der Waals surface area (Å²) in [6, 6.07) is 8.10. The van der Waals surface area contributed by atoms with Gasteiger partial charge >= 0.3 is 11.9 Å². The SMILES string of the molecule is COc1cc(F)cc(C(c2cc(F)cc(OC)c2)[C@H](C)OC(=O)[C@H](C)NC(=O)c2nccc(OC)c2OC(C)=O)c1. The molecular weight excluding hydrogens is 542 g/mol. The van der Waals surface area contributed by atoms with Crippen molar-refractivity contribution in [3.8, 4) is 23.0 Å². The van der Waals surface area contributed by atoms with Crippen LogP contribution in [0.15, 0.2) is 48.7 Å². The van der Waals surface area contributed by atoms with E-state index in [2.05, 4.69) is 10.3 Å². The molecule has 0 bridgehead atoms. The number of carbonyl (C=O) groups excluding carboxylic acids is 3. The van der Waals surface area contributed by atoms with Gasteiger partial charge in [-0.2, -0.15) is 0 Å². The molecule has 0 saturated heterocycles. The predicted octanol–water partition coefficient (Wildman–Crippen LogP) is 4.19. The summed E-state index contributed by atoms with van der Waals surface area (Å²) in [6.45, 7) is 4.08. The number of halogens is 2. The number of hydrogen-bond donors (Lipinski definition) is 1. The average molecular weight is 573 g/mol. The number of ether oxygens (including phenoxy) is 5.